The Morgan fingerprint density at radius 3 is 2.35 bits per heavy atom. The van der Waals surface area contributed by atoms with Crippen LogP contribution >= 0.6 is 0 Å². The number of aromatic amines is 2. The highest BCUT2D eigenvalue weighted by atomic mass is 19.1. The molecule has 2 heterocycles. The summed E-state index contributed by atoms with van der Waals surface area (Å²) in [5, 5.41) is 2.89. The van der Waals surface area contributed by atoms with Gasteiger partial charge in [-0.05, 0) is 54.1 Å². The number of pyridine rings is 1. The maximum absolute atomic E-state index is 13.1. The SMILES string of the molecule is COc1ccc(-c2cc(=O)c3c(=O)n(-c4ccc(F)cc4)[nH]c3[nH]2)cc1. The van der Waals surface area contributed by atoms with Crippen LogP contribution in [-0.2, 0) is 0 Å². The van der Waals surface area contributed by atoms with Crippen LogP contribution in [0.5, 0.6) is 5.75 Å². The maximum Gasteiger partial charge on any atom is 0.284 e. The molecule has 0 radical (unpaired) electrons. The van der Waals surface area contributed by atoms with E-state index in [9.17, 15) is 14.0 Å². The average Bonchev–Trinajstić information content (AvgIpc) is 2.99. The van der Waals surface area contributed by atoms with Crippen molar-refractivity contribution in [2.45, 2.75) is 0 Å². The van der Waals surface area contributed by atoms with E-state index in [4.69, 9.17) is 4.74 Å². The zero-order valence-electron chi connectivity index (χ0n) is 13.7. The highest BCUT2D eigenvalue weighted by Gasteiger charge is 2.14. The van der Waals surface area contributed by atoms with Gasteiger partial charge < -0.3 is 9.72 Å². The highest BCUT2D eigenvalue weighted by Crippen LogP contribution is 2.20. The number of aromatic nitrogens is 3. The third kappa shape index (κ3) is 2.59. The van der Waals surface area contributed by atoms with E-state index in [2.05, 4.69) is 10.1 Å². The largest absolute Gasteiger partial charge is 0.497 e. The van der Waals surface area contributed by atoms with E-state index in [0.29, 0.717) is 22.8 Å². The van der Waals surface area contributed by atoms with E-state index in [1.54, 1.807) is 19.2 Å². The molecule has 2 aromatic heterocycles. The molecule has 0 amide bonds. The number of nitrogens with zero attached hydrogens (tertiary/aromatic N) is 1. The lowest BCUT2D eigenvalue weighted by Crippen LogP contribution is -2.18. The van der Waals surface area contributed by atoms with Gasteiger partial charge in [-0.2, -0.15) is 0 Å². The quantitative estimate of drug-likeness (QED) is 0.596. The fourth-order valence-electron chi connectivity index (χ4n) is 2.83. The topological polar surface area (TPSA) is 79.9 Å². The van der Waals surface area contributed by atoms with Crippen molar-refractivity contribution >= 4 is 11.0 Å². The van der Waals surface area contributed by atoms with Crippen LogP contribution in [0.15, 0.2) is 64.2 Å². The summed E-state index contributed by atoms with van der Waals surface area (Å²) in [6.45, 7) is 0. The van der Waals surface area contributed by atoms with Crippen molar-refractivity contribution in [3.05, 3.63) is 81.0 Å². The van der Waals surface area contributed by atoms with E-state index in [1.807, 2.05) is 12.1 Å². The van der Waals surface area contributed by atoms with Gasteiger partial charge in [-0.15, -0.1) is 0 Å². The van der Waals surface area contributed by atoms with Gasteiger partial charge in [0.1, 0.15) is 22.6 Å². The zero-order valence-corrected chi connectivity index (χ0v) is 13.7. The summed E-state index contributed by atoms with van der Waals surface area (Å²) in [5.41, 5.74) is 1.20. The van der Waals surface area contributed by atoms with Gasteiger partial charge in [0.25, 0.3) is 5.56 Å². The first kappa shape index (κ1) is 15.9. The summed E-state index contributed by atoms with van der Waals surface area (Å²) in [4.78, 5) is 28.1. The summed E-state index contributed by atoms with van der Waals surface area (Å²) in [6.07, 6.45) is 0. The average molecular weight is 351 g/mol. The summed E-state index contributed by atoms with van der Waals surface area (Å²) in [6, 6.07) is 14.0. The number of H-pyrrole nitrogens is 2. The number of nitrogens with one attached hydrogen (secondary N) is 2. The fourth-order valence-corrected chi connectivity index (χ4v) is 2.83. The third-order valence-corrected chi connectivity index (χ3v) is 4.16. The number of methoxy groups -OCH3 is 1. The Hall–Kier alpha value is -3.61. The number of ether oxygens (including phenoxy) is 1. The number of hydrogen-bond acceptors (Lipinski definition) is 3. The maximum atomic E-state index is 13.1. The van der Waals surface area contributed by atoms with E-state index in [1.165, 1.54) is 35.0 Å². The van der Waals surface area contributed by atoms with Gasteiger partial charge in [-0.3, -0.25) is 14.7 Å². The molecule has 0 aliphatic rings. The van der Waals surface area contributed by atoms with Crippen LogP contribution in [0.1, 0.15) is 0 Å². The van der Waals surface area contributed by atoms with Crippen LogP contribution in [0.3, 0.4) is 0 Å². The van der Waals surface area contributed by atoms with Crippen LogP contribution in [0.4, 0.5) is 4.39 Å². The summed E-state index contributed by atoms with van der Waals surface area (Å²) in [5.74, 6) is 0.295. The number of halogens is 1. The molecule has 7 heteroatoms. The monoisotopic (exact) mass is 351 g/mol. The molecule has 0 atom stereocenters. The van der Waals surface area contributed by atoms with Gasteiger partial charge in [0.15, 0.2) is 5.43 Å². The van der Waals surface area contributed by atoms with Crippen molar-refractivity contribution in [2.75, 3.05) is 7.11 Å². The van der Waals surface area contributed by atoms with E-state index < -0.39 is 16.8 Å². The van der Waals surface area contributed by atoms with Gasteiger partial charge >= 0.3 is 0 Å². The van der Waals surface area contributed by atoms with Gasteiger partial charge in [0, 0.05) is 6.07 Å². The second-order valence-electron chi connectivity index (χ2n) is 5.75. The Morgan fingerprint density at radius 1 is 1.00 bits per heavy atom. The van der Waals surface area contributed by atoms with Crippen molar-refractivity contribution in [3.63, 3.8) is 0 Å². The van der Waals surface area contributed by atoms with Crippen LogP contribution < -0.4 is 15.7 Å². The number of rotatable bonds is 3. The lowest BCUT2D eigenvalue weighted by molar-refractivity contribution is 0.415. The highest BCUT2D eigenvalue weighted by molar-refractivity contribution is 5.78. The van der Waals surface area contributed by atoms with Gasteiger partial charge in [-0.25, -0.2) is 9.07 Å². The second kappa shape index (κ2) is 6.03. The predicted octanol–water partition coefficient (Wildman–Crippen LogP) is 2.82. The minimum atomic E-state index is -0.492. The van der Waals surface area contributed by atoms with Gasteiger partial charge in [0.05, 0.1) is 18.5 Å². The van der Waals surface area contributed by atoms with Crippen LogP contribution in [0.25, 0.3) is 28.0 Å². The summed E-state index contributed by atoms with van der Waals surface area (Å²) < 4.78 is 19.4. The van der Waals surface area contributed by atoms with Crippen LogP contribution in [0.2, 0.25) is 0 Å². The first-order valence-corrected chi connectivity index (χ1v) is 7.85. The lowest BCUT2D eigenvalue weighted by Gasteiger charge is -2.04. The Labute approximate surface area is 146 Å². The molecule has 0 aliphatic heterocycles. The molecule has 130 valence electrons. The second-order valence-corrected chi connectivity index (χ2v) is 5.75. The van der Waals surface area contributed by atoms with Crippen molar-refractivity contribution in [1.29, 1.82) is 0 Å². The number of benzene rings is 2. The molecule has 2 N–H and O–H groups in total. The van der Waals surface area contributed by atoms with Crippen molar-refractivity contribution in [3.8, 4) is 22.7 Å². The molecule has 0 fully saturated rings. The molecule has 0 saturated carbocycles. The molecule has 0 unspecified atom stereocenters. The number of hydrogen-bond donors (Lipinski definition) is 2. The molecular weight excluding hydrogens is 337 g/mol. The van der Waals surface area contributed by atoms with Gasteiger partial charge in [-0.1, -0.05) is 0 Å². The fraction of sp³-hybridized carbons (Fsp3) is 0.0526. The molecule has 6 nitrogen and oxygen atoms in total. The van der Waals surface area contributed by atoms with Crippen molar-refractivity contribution in [2.24, 2.45) is 0 Å². The Morgan fingerprint density at radius 2 is 1.69 bits per heavy atom. The molecule has 0 bridgehead atoms. The summed E-state index contributed by atoms with van der Waals surface area (Å²) >= 11 is 0. The predicted molar refractivity (Wildman–Crippen MR) is 96.5 cm³/mol. The smallest absolute Gasteiger partial charge is 0.284 e. The molecule has 4 aromatic rings. The Balaban J connectivity index is 1.88. The first-order chi connectivity index (χ1) is 12.6. The van der Waals surface area contributed by atoms with Crippen LogP contribution in [0, 0.1) is 5.82 Å². The molecule has 0 spiro atoms. The van der Waals surface area contributed by atoms with Crippen molar-refractivity contribution < 1.29 is 9.13 Å². The first-order valence-electron chi connectivity index (χ1n) is 7.85. The molecule has 2 aromatic carbocycles. The van der Waals surface area contributed by atoms with E-state index >= 15 is 0 Å². The Kier molecular flexibility index (Phi) is 3.69. The molecule has 4 rings (SSSR count). The minimum Gasteiger partial charge on any atom is -0.497 e. The normalized spacial score (nSPS) is 11.0. The lowest BCUT2D eigenvalue weighted by atomic mass is 10.1. The van der Waals surface area contributed by atoms with Gasteiger partial charge in [0.2, 0.25) is 0 Å². The summed E-state index contributed by atoms with van der Waals surface area (Å²) in [7, 11) is 1.58. The van der Waals surface area contributed by atoms with E-state index in [-0.39, 0.29) is 5.39 Å². The third-order valence-electron chi connectivity index (χ3n) is 4.16. The standard InChI is InChI=1S/C19H14FN3O3/c1-26-14-8-2-11(3-9-14)15-10-16(24)17-18(21-15)22-23(19(17)25)13-6-4-12(20)5-7-13/h2-10H,1H3,(H2,21,22,24). The molecule has 0 aliphatic carbocycles. The molecular formula is C19H14FN3O3. The van der Waals surface area contributed by atoms with E-state index in [0.717, 1.165) is 5.56 Å². The zero-order chi connectivity index (χ0) is 18.3. The minimum absolute atomic E-state index is 0.0200. The molecule has 0 saturated heterocycles. The van der Waals surface area contributed by atoms with Crippen molar-refractivity contribution in [1.82, 2.24) is 14.8 Å². The Bertz CT molecular complexity index is 1200. The molecule has 26 heavy (non-hydrogen) atoms. The van der Waals surface area contributed by atoms with Crippen LogP contribution in [-0.4, -0.2) is 21.9 Å². The number of fused-ring (bicyclic) bond motifs is 1.